The smallest absolute Gasteiger partial charge is 0.191 e. The molecule has 0 aliphatic heterocycles. The van der Waals surface area contributed by atoms with Gasteiger partial charge < -0.3 is 10.6 Å². The highest BCUT2D eigenvalue weighted by Crippen LogP contribution is 2.44. The van der Waals surface area contributed by atoms with Crippen molar-refractivity contribution in [1.82, 2.24) is 10.6 Å². The number of hydrogen-bond acceptors (Lipinski definition) is 1. The largest absolute Gasteiger partial charge is 0.357 e. The summed E-state index contributed by atoms with van der Waals surface area (Å²) in [5.74, 6) is 1.88. The van der Waals surface area contributed by atoms with Gasteiger partial charge in [0.05, 0.1) is 0 Å². The zero-order chi connectivity index (χ0) is 10.9. The Balaban J connectivity index is 0.00000128. The lowest BCUT2D eigenvalue weighted by atomic mass is 10.2. The maximum Gasteiger partial charge on any atom is 0.191 e. The van der Waals surface area contributed by atoms with E-state index in [-0.39, 0.29) is 24.0 Å². The first-order chi connectivity index (χ1) is 7.12. The molecule has 94 valence electrons. The summed E-state index contributed by atoms with van der Waals surface area (Å²) in [5, 5.41) is 6.82. The summed E-state index contributed by atoms with van der Waals surface area (Å²) < 4.78 is 0. The number of hydrogen-bond donors (Lipinski definition) is 2. The SMILES string of the molecule is CCNC(=NCC1CC1)NC1CC1(C)C.I. The van der Waals surface area contributed by atoms with Crippen molar-refractivity contribution in [3.05, 3.63) is 0 Å². The maximum atomic E-state index is 4.62. The number of halogens is 1. The minimum absolute atomic E-state index is 0. The van der Waals surface area contributed by atoms with Gasteiger partial charge in [0.25, 0.3) is 0 Å². The third kappa shape index (κ3) is 4.11. The molecule has 0 spiro atoms. The lowest BCUT2D eigenvalue weighted by molar-refractivity contribution is 0.588. The van der Waals surface area contributed by atoms with Crippen LogP contribution in [0, 0.1) is 11.3 Å². The highest BCUT2D eigenvalue weighted by Gasteiger charge is 2.46. The third-order valence-electron chi connectivity index (χ3n) is 3.37. The Bertz CT molecular complexity index is 259. The Hall–Kier alpha value is 0. The summed E-state index contributed by atoms with van der Waals surface area (Å²) in [6.07, 6.45) is 4.01. The second kappa shape index (κ2) is 5.56. The molecular formula is C12H24IN3. The summed E-state index contributed by atoms with van der Waals surface area (Å²) in [6, 6.07) is 0.620. The van der Waals surface area contributed by atoms with Crippen LogP contribution in [0.3, 0.4) is 0 Å². The van der Waals surface area contributed by atoms with Crippen molar-refractivity contribution in [3.63, 3.8) is 0 Å². The van der Waals surface area contributed by atoms with Crippen molar-refractivity contribution in [2.24, 2.45) is 16.3 Å². The van der Waals surface area contributed by atoms with Gasteiger partial charge in [0, 0.05) is 19.1 Å². The molecule has 0 heterocycles. The van der Waals surface area contributed by atoms with E-state index in [4.69, 9.17) is 0 Å². The molecular weight excluding hydrogens is 313 g/mol. The molecule has 0 bridgehead atoms. The van der Waals surface area contributed by atoms with E-state index in [0.29, 0.717) is 11.5 Å². The van der Waals surface area contributed by atoms with Crippen LogP contribution in [0.15, 0.2) is 4.99 Å². The highest BCUT2D eigenvalue weighted by atomic mass is 127. The van der Waals surface area contributed by atoms with Gasteiger partial charge in [-0.1, -0.05) is 13.8 Å². The first-order valence-electron chi connectivity index (χ1n) is 6.16. The number of nitrogens with one attached hydrogen (secondary N) is 2. The molecule has 2 saturated carbocycles. The molecule has 2 aliphatic rings. The predicted octanol–water partition coefficient (Wildman–Crippen LogP) is 2.37. The van der Waals surface area contributed by atoms with Crippen LogP contribution in [0.5, 0.6) is 0 Å². The standard InChI is InChI=1S/C12H23N3.HI/c1-4-13-11(14-8-9-5-6-9)15-10-7-12(10,2)3;/h9-10H,4-8H2,1-3H3,(H2,13,14,15);1H. The van der Waals surface area contributed by atoms with Crippen molar-refractivity contribution in [2.45, 2.75) is 46.1 Å². The Morgan fingerprint density at radius 1 is 1.38 bits per heavy atom. The molecule has 4 heteroatoms. The molecule has 2 aliphatic carbocycles. The average molecular weight is 337 g/mol. The summed E-state index contributed by atoms with van der Waals surface area (Å²) >= 11 is 0. The van der Waals surface area contributed by atoms with E-state index in [1.165, 1.54) is 19.3 Å². The molecule has 0 aromatic heterocycles. The summed E-state index contributed by atoms with van der Waals surface area (Å²) in [4.78, 5) is 4.62. The molecule has 2 fully saturated rings. The summed E-state index contributed by atoms with van der Waals surface area (Å²) in [6.45, 7) is 8.67. The van der Waals surface area contributed by atoms with Crippen molar-refractivity contribution in [1.29, 1.82) is 0 Å². The van der Waals surface area contributed by atoms with Gasteiger partial charge >= 0.3 is 0 Å². The first kappa shape index (κ1) is 14.1. The van der Waals surface area contributed by atoms with E-state index in [9.17, 15) is 0 Å². The van der Waals surface area contributed by atoms with Gasteiger partial charge in [0.15, 0.2) is 5.96 Å². The second-order valence-corrected chi connectivity index (χ2v) is 5.55. The van der Waals surface area contributed by atoms with Crippen molar-refractivity contribution in [2.75, 3.05) is 13.1 Å². The van der Waals surface area contributed by atoms with Gasteiger partial charge in [-0.2, -0.15) is 0 Å². The Labute approximate surface area is 116 Å². The Morgan fingerprint density at radius 3 is 2.44 bits per heavy atom. The van der Waals surface area contributed by atoms with Crippen LogP contribution in [-0.2, 0) is 0 Å². The van der Waals surface area contributed by atoms with Gasteiger partial charge in [0.1, 0.15) is 0 Å². The van der Waals surface area contributed by atoms with Gasteiger partial charge in [0.2, 0.25) is 0 Å². The van der Waals surface area contributed by atoms with E-state index in [2.05, 4.69) is 36.4 Å². The van der Waals surface area contributed by atoms with E-state index in [0.717, 1.165) is 25.0 Å². The fourth-order valence-corrected chi connectivity index (χ4v) is 1.72. The van der Waals surface area contributed by atoms with Crippen LogP contribution < -0.4 is 10.6 Å². The van der Waals surface area contributed by atoms with E-state index >= 15 is 0 Å². The maximum absolute atomic E-state index is 4.62. The molecule has 0 amide bonds. The van der Waals surface area contributed by atoms with Crippen LogP contribution in [-0.4, -0.2) is 25.1 Å². The molecule has 0 aromatic rings. The van der Waals surface area contributed by atoms with Gasteiger partial charge in [-0.15, -0.1) is 24.0 Å². The monoisotopic (exact) mass is 337 g/mol. The minimum atomic E-state index is 0. The van der Waals surface area contributed by atoms with Crippen molar-refractivity contribution >= 4 is 29.9 Å². The van der Waals surface area contributed by atoms with Gasteiger partial charge in [-0.05, 0) is 37.5 Å². The van der Waals surface area contributed by atoms with Crippen molar-refractivity contribution in [3.8, 4) is 0 Å². The van der Waals surface area contributed by atoms with E-state index in [1.54, 1.807) is 0 Å². The zero-order valence-electron chi connectivity index (χ0n) is 10.5. The molecule has 0 aromatic carbocycles. The molecule has 0 saturated heterocycles. The normalized spacial score (nSPS) is 26.9. The molecule has 2 rings (SSSR count). The Morgan fingerprint density at radius 2 is 2.00 bits per heavy atom. The molecule has 0 radical (unpaired) electrons. The Kier molecular flexibility index (Phi) is 4.88. The topological polar surface area (TPSA) is 36.4 Å². The summed E-state index contributed by atoms with van der Waals surface area (Å²) in [5.41, 5.74) is 0.468. The van der Waals surface area contributed by atoms with Crippen LogP contribution >= 0.6 is 24.0 Å². The minimum Gasteiger partial charge on any atom is -0.357 e. The quantitative estimate of drug-likeness (QED) is 0.469. The van der Waals surface area contributed by atoms with Gasteiger partial charge in [-0.3, -0.25) is 4.99 Å². The van der Waals surface area contributed by atoms with E-state index < -0.39 is 0 Å². The number of aliphatic imine (C=N–C) groups is 1. The number of guanidine groups is 1. The fourth-order valence-electron chi connectivity index (χ4n) is 1.72. The number of rotatable bonds is 4. The van der Waals surface area contributed by atoms with Gasteiger partial charge in [-0.25, -0.2) is 0 Å². The summed E-state index contributed by atoms with van der Waals surface area (Å²) in [7, 11) is 0. The van der Waals surface area contributed by atoms with Crippen molar-refractivity contribution < 1.29 is 0 Å². The number of nitrogens with zero attached hydrogens (tertiary/aromatic N) is 1. The predicted molar refractivity (Wildman–Crippen MR) is 79.4 cm³/mol. The molecule has 3 nitrogen and oxygen atoms in total. The van der Waals surface area contributed by atoms with Crippen LogP contribution in [0.4, 0.5) is 0 Å². The lowest BCUT2D eigenvalue weighted by Gasteiger charge is -2.12. The molecule has 2 N–H and O–H groups in total. The highest BCUT2D eigenvalue weighted by molar-refractivity contribution is 14.0. The van der Waals surface area contributed by atoms with E-state index in [1.807, 2.05) is 0 Å². The second-order valence-electron chi connectivity index (χ2n) is 5.55. The molecule has 1 unspecified atom stereocenters. The molecule has 16 heavy (non-hydrogen) atoms. The third-order valence-corrected chi connectivity index (χ3v) is 3.37. The first-order valence-corrected chi connectivity index (χ1v) is 6.16. The van der Waals surface area contributed by atoms with Crippen LogP contribution in [0.2, 0.25) is 0 Å². The molecule has 1 atom stereocenters. The fraction of sp³-hybridized carbons (Fsp3) is 0.917. The zero-order valence-corrected chi connectivity index (χ0v) is 12.9. The lowest BCUT2D eigenvalue weighted by Crippen LogP contribution is -2.40. The van der Waals surface area contributed by atoms with Crippen LogP contribution in [0.1, 0.15) is 40.0 Å². The average Bonchev–Trinajstić information content (AvgIpc) is 3.03. The van der Waals surface area contributed by atoms with Crippen LogP contribution in [0.25, 0.3) is 0 Å².